The molecular weight excluding hydrogens is 530 g/mol. The second kappa shape index (κ2) is 10.1. The predicted molar refractivity (Wildman–Crippen MR) is 150 cm³/mol. The first-order chi connectivity index (χ1) is 19.0. The standard InChI is InChI=1S/C30H41N3O6S/c1-19-7-8-23(39-20-9-14-31(17-20)40(3)38)25-21(19)10-15-32(26(25)33-18-30(12-13-30)16-24(33)34)27(35)22-6-4-5-11-29(22,2)28(36)37/h7-8,20,22,26H,4-6,9-18H2,1-3H3,(H,36,37)/t20?,22?,26?,29-,40?/m0/s1. The molecule has 0 aromatic heterocycles. The zero-order valence-corrected chi connectivity index (χ0v) is 24.6. The van der Waals surface area contributed by atoms with Gasteiger partial charge in [0.15, 0.2) is 0 Å². The van der Waals surface area contributed by atoms with E-state index in [0.29, 0.717) is 57.6 Å². The largest absolute Gasteiger partial charge is 0.489 e. The van der Waals surface area contributed by atoms with Gasteiger partial charge in [-0.15, -0.1) is 0 Å². The third-order valence-electron chi connectivity index (χ3n) is 10.4. The van der Waals surface area contributed by atoms with Gasteiger partial charge in [0, 0.05) is 44.4 Å². The van der Waals surface area contributed by atoms with Gasteiger partial charge >= 0.3 is 5.97 Å². The van der Waals surface area contributed by atoms with Crippen molar-refractivity contribution >= 4 is 28.8 Å². The third kappa shape index (κ3) is 4.65. The number of carboxylic acid groups (broad SMARTS) is 1. The normalized spacial score (nSPS) is 32.3. The molecule has 5 aliphatic rings. The molecule has 3 heterocycles. The second-order valence-corrected chi connectivity index (χ2v) is 14.4. The molecule has 10 heteroatoms. The quantitative estimate of drug-likeness (QED) is 0.561. The Labute approximate surface area is 238 Å². The number of ether oxygens (including phenoxy) is 1. The van der Waals surface area contributed by atoms with E-state index < -0.39 is 34.5 Å². The van der Waals surface area contributed by atoms with E-state index in [1.165, 1.54) is 0 Å². The van der Waals surface area contributed by atoms with Crippen molar-refractivity contribution in [3.8, 4) is 5.75 Å². The van der Waals surface area contributed by atoms with E-state index in [2.05, 4.69) is 6.92 Å². The SMILES string of the molecule is Cc1ccc(OC2CCN(S(C)=O)C2)c2c1CCN(C(=O)C1CCCC[C@]1(C)C(=O)O)C2N1CC2(CC2)CC1=O. The third-order valence-corrected chi connectivity index (χ3v) is 11.4. The van der Waals surface area contributed by atoms with Crippen LogP contribution in [0.4, 0.5) is 0 Å². The molecule has 1 aromatic carbocycles. The summed E-state index contributed by atoms with van der Waals surface area (Å²) in [5.41, 5.74) is 1.96. The van der Waals surface area contributed by atoms with Crippen LogP contribution in [-0.2, 0) is 31.8 Å². The van der Waals surface area contributed by atoms with Gasteiger partial charge in [-0.25, -0.2) is 8.51 Å². The Balaban J connectivity index is 1.41. The number of aliphatic carboxylic acids is 1. The molecule has 9 nitrogen and oxygen atoms in total. The summed E-state index contributed by atoms with van der Waals surface area (Å²) in [4.78, 5) is 44.2. The summed E-state index contributed by atoms with van der Waals surface area (Å²) in [6, 6.07) is 4.00. The van der Waals surface area contributed by atoms with E-state index in [9.17, 15) is 23.7 Å². The highest BCUT2D eigenvalue weighted by Gasteiger charge is 2.56. The van der Waals surface area contributed by atoms with E-state index in [-0.39, 0.29) is 23.3 Å². The van der Waals surface area contributed by atoms with E-state index in [0.717, 1.165) is 48.8 Å². The van der Waals surface area contributed by atoms with Crippen molar-refractivity contribution in [2.45, 2.75) is 83.9 Å². The fraction of sp³-hybridized carbons (Fsp3) is 0.700. The number of hydrogen-bond donors (Lipinski definition) is 1. The summed E-state index contributed by atoms with van der Waals surface area (Å²) in [5.74, 6) is -0.990. The Bertz CT molecular complexity index is 1260. The van der Waals surface area contributed by atoms with Crippen LogP contribution in [0, 0.1) is 23.7 Å². The Hall–Kier alpha value is -2.46. The first kappa shape index (κ1) is 27.7. The van der Waals surface area contributed by atoms with Gasteiger partial charge in [0.2, 0.25) is 11.8 Å². The number of likely N-dealkylation sites (tertiary alicyclic amines) is 1. The Morgan fingerprint density at radius 2 is 1.90 bits per heavy atom. The molecule has 2 saturated heterocycles. The minimum absolute atomic E-state index is 0.00577. The molecule has 1 N–H and O–H groups in total. The van der Waals surface area contributed by atoms with Gasteiger partial charge < -0.3 is 19.6 Å². The van der Waals surface area contributed by atoms with Crippen LogP contribution in [0.15, 0.2) is 12.1 Å². The summed E-state index contributed by atoms with van der Waals surface area (Å²) in [6.45, 7) is 6.08. The van der Waals surface area contributed by atoms with Crippen LogP contribution in [0.2, 0.25) is 0 Å². The fourth-order valence-electron chi connectivity index (χ4n) is 7.59. The number of carbonyl (C=O) groups excluding carboxylic acids is 2. The number of carbonyl (C=O) groups is 3. The van der Waals surface area contributed by atoms with Crippen molar-refractivity contribution in [1.82, 2.24) is 14.1 Å². The second-order valence-electron chi connectivity index (χ2n) is 13.0. The minimum atomic E-state index is -1.12. The van der Waals surface area contributed by atoms with Gasteiger partial charge in [-0.05, 0) is 75.0 Å². The molecule has 1 aromatic rings. The highest BCUT2D eigenvalue weighted by molar-refractivity contribution is 7.81. The van der Waals surface area contributed by atoms with Crippen LogP contribution < -0.4 is 4.74 Å². The molecule has 6 rings (SSSR count). The molecule has 0 bridgehead atoms. The Morgan fingerprint density at radius 3 is 2.55 bits per heavy atom. The molecule has 0 radical (unpaired) electrons. The van der Waals surface area contributed by atoms with Gasteiger partial charge in [0.1, 0.15) is 18.0 Å². The number of benzene rings is 1. The van der Waals surface area contributed by atoms with Crippen molar-refractivity contribution in [3.63, 3.8) is 0 Å². The number of amides is 2. The molecule has 2 amide bonds. The van der Waals surface area contributed by atoms with Crippen molar-refractivity contribution < 1.29 is 28.4 Å². The topological polar surface area (TPSA) is 107 Å². The van der Waals surface area contributed by atoms with Crippen LogP contribution in [0.25, 0.3) is 0 Å². The van der Waals surface area contributed by atoms with Gasteiger partial charge in [0.25, 0.3) is 0 Å². The summed E-state index contributed by atoms with van der Waals surface area (Å²) in [5, 5.41) is 10.2. The summed E-state index contributed by atoms with van der Waals surface area (Å²) < 4.78 is 20.6. The van der Waals surface area contributed by atoms with Crippen molar-refractivity contribution in [1.29, 1.82) is 0 Å². The highest BCUT2D eigenvalue weighted by Crippen LogP contribution is 2.56. The first-order valence-electron chi connectivity index (χ1n) is 14.7. The number of hydrogen-bond acceptors (Lipinski definition) is 5. The van der Waals surface area contributed by atoms with E-state index in [1.54, 1.807) is 13.2 Å². The average Bonchev–Trinajstić information content (AvgIpc) is 3.35. The van der Waals surface area contributed by atoms with E-state index in [1.807, 2.05) is 26.2 Å². The van der Waals surface area contributed by atoms with E-state index in [4.69, 9.17) is 4.74 Å². The molecule has 1 spiro atoms. The molecule has 4 fully saturated rings. The number of fused-ring (bicyclic) bond motifs is 1. The molecule has 2 aliphatic carbocycles. The van der Waals surface area contributed by atoms with Gasteiger partial charge in [0.05, 0.1) is 22.3 Å². The Morgan fingerprint density at radius 1 is 1.12 bits per heavy atom. The molecule has 40 heavy (non-hydrogen) atoms. The average molecular weight is 572 g/mol. The zero-order valence-electron chi connectivity index (χ0n) is 23.8. The van der Waals surface area contributed by atoms with Gasteiger partial charge in [-0.3, -0.25) is 14.4 Å². The lowest BCUT2D eigenvalue weighted by atomic mass is 9.66. The van der Waals surface area contributed by atoms with E-state index >= 15 is 0 Å². The van der Waals surface area contributed by atoms with Crippen molar-refractivity contribution in [3.05, 3.63) is 28.8 Å². The van der Waals surface area contributed by atoms with Crippen molar-refractivity contribution in [2.75, 3.05) is 32.4 Å². The zero-order chi connectivity index (χ0) is 28.4. The maximum absolute atomic E-state index is 14.4. The lowest BCUT2D eigenvalue weighted by molar-refractivity contribution is -0.165. The molecule has 4 unspecified atom stereocenters. The minimum Gasteiger partial charge on any atom is -0.489 e. The smallest absolute Gasteiger partial charge is 0.310 e. The lowest BCUT2D eigenvalue weighted by Gasteiger charge is -2.47. The highest BCUT2D eigenvalue weighted by atomic mass is 32.2. The van der Waals surface area contributed by atoms with Gasteiger partial charge in [-0.2, -0.15) is 0 Å². The molecule has 3 aliphatic heterocycles. The summed E-state index contributed by atoms with van der Waals surface area (Å²) in [7, 11) is -1.07. The maximum atomic E-state index is 14.4. The van der Waals surface area contributed by atoms with Crippen molar-refractivity contribution in [2.24, 2.45) is 16.7 Å². The molecule has 218 valence electrons. The number of aryl methyl sites for hydroxylation is 1. The van der Waals surface area contributed by atoms with Crippen LogP contribution in [0.3, 0.4) is 0 Å². The first-order valence-corrected chi connectivity index (χ1v) is 16.3. The number of nitrogens with zero attached hydrogens (tertiary/aromatic N) is 3. The number of carboxylic acids is 1. The predicted octanol–water partition coefficient (Wildman–Crippen LogP) is 3.42. The van der Waals surface area contributed by atoms with Crippen LogP contribution in [-0.4, -0.2) is 79.7 Å². The monoisotopic (exact) mass is 571 g/mol. The van der Waals surface area contributed by atoms with Crippen LogP contribution in [0.5, 0.6) is 5.75 Å². The summed E-state index contributed by atoms with van der Waals surface area (Å²) in [6.07, 6.45) is 7.48. The lowest BCUT2D eigenvalue weighted by Crippen LogP contribution is -2.54. The maximum Gasteiger partial charge on any atom is 0.310 e. The Kier molecular flexibility index (Phi) is 7.01. The number of rotatable bonds is 6. The van der Waals surface area contributed by atoms with Gasteiger partial charge in [-0.1, -0.05) is 18.9 Å². The summed E-state index contributed by atoms with van der Waals surface area (Å²) >= 11 is 0. The molecular formula is C30H41N3O6S. The van der Waals surface area contributed by atoms with Crippen LogP contribution >= 0.6 is 0 Å². The fourth-order valence-corrected chi connectivity index (χ4v) is 8.33. The van der Waals surface area contributed by atoms with Crippen LogP contribution in [0.1, 0.15) is 81.1 Å². The molecule has 2 saturated carbocycles. The molecule has 5 atom stereocenters.